The van der Waals surface area contributed by atoms with Crippen molar-refractivity contribution in [1.82, 2.24) is 0 Å². The van der Waals surface area contributed by atoms with Crippen LogP contribution in [0.3, 0.4) is 0 Å². The number of rotatable bonds is 1. The van der Waals surface area contributed by atoms with Crippen LogP contribution in [-0.4, -0.2) is 10.9 Å². The van der Waals surface area contributed by atoms with E-state index in [0.29, 0.717) is 5.76 Å². The lowest BCUT2D eigenvalue weighted by Gasteiger charge is -2.04. The van der Waals surface area contributed by atoms with Gasteiger partial charge >= 0.3 is 0 Å². The summed E-state index contributed by atoms with van der Waals surface area (Å²) in [7, 11) is 0. The summed E-state index contributed by atoms with van der Waals surface area (Å²) in [5.41, 5.74) is 5.21. The monoisotopic (exact) mass is 181 g/mol. The predicted octanol–water partition coefficient (Wildman–Crippen LogP) is 0.606. The van der Waals surface area contributed by atoms with Crippen LogP contribution in [0.4, 0.5) is 0 Å². The van der Waals surface area contributed by atoms with E-state index >= 15 is 0 Å². The molecule has 1 aliphatic heterocycles. The number of furan rings is 1. The number of nitrogens with two attached hydrogens (primary N) is 1. The van der Waals surface area contributed by atoms with Crippen LogP contribution in [0.25, 0.3) is 0 Å². The second-order valence-electron chi connectivity index (χ2n) is 2.59. The highest BCUT2D eigenvalue weighted by molar-refractivity contribution is 5.99. The minimum absolute atomic E-state index is 0.258. The van der Waals surface area contributed by atoms with E-state index in [2.05, 4.69) is 0 Å². The van der Waals surface area contributed by atoms with Crippen LogP contribution >= 0.6 is 0 Å². The van der Waals surface area contributed by atoms with Gasteiger partial charge < -0.3 is 20.0 Å². The molecule has 2 heterocycles. The summed E-state index contributed by atoms with van der Waals surface area (Å²) in [5, 5.41) is 9.07. The molecule has 5 heteroatoms. The maximum absolute atomic E-state index is 11.2. The highest BCUT2D eigenvalue weighted by Gasteiger charge is 2.37. The van der Waals surface area contributed by atoms with Crippen molar-refractivity contribution in [3.8, 4) is 0 Å². The van der Waals surface area contributed by atoms with Crippen LogP contribution in [0.5, 0.6) is 0 Å². The van der Waals surface area contributed by atoms with Gasteiger partial charge in [-0.3, -0.25) is 4.79 Å². The van der Waals surface area contributed by atoms with Gasteiger partial charge in [0, 0.05) is 0 Å². The Labute approximate surface area is 73.4 Å². The van der Waals surface area contributed by atoms with Gasteiger partial charge in [0.1, 0.15) is 0 Å². The molecular formula is C8H7NO4. The van der Waals surface area contributed by atoms with Crippen LogP contribution in [-0.2, 0) is 9.53 Å². The first-order chi connectivity index (χ1) is 6.20. The number of hydrogen-bond donors (Lipinski definition) is 2. The van der Waals surface area contributed by atoms with Crippen LogP contribution < -0.4 is 5.73 Å². The molecule has 1 aromatic rings. The summed E-state index contributed by atoms with van der Waals surface area (Å²) in [6, 6.07) is 3.20. The molecule has 13 heavy (non-hydrogen) atoms. The Hall–Kier alpha value is -1.91. The van der Waals surface area contributed by atoms with E-state index in [4.69, 9.17) is 20.0 Å². The first kappa shape index (κ1) is 7.72. The number of carbonyl (C=O) groups is 1. The Kier molecular flexibility index (Phi) is 1.51. The van der Waals surface area contributed by atoms with Crippen LogP contribution in [0, 0.1) is 0 Å². The molecule has 0 spiro atoms. The van der Waals surface area contributed by atoms with Gasteiger partial charge in [-0.1, -0.05) is 0 Å². The summed E-state index contributed by atoms with van der Waals surface area (Å²) >= 11 is 0. The lowest BCUT2D eigenvalue weighted by atomic mass is 10.2. The molecule has 0 saturated heterocycles. The lowest BCUT2D eigenvalue weighted by Crippen LogP contribution is -2.08. The highest BCUT2D eigenvalue weighted by Crippen LogP contribution is 2.29. The molecule has 0 saturated carbocycles. The third kappa shape index (κ3) is 1.05. The molecule has 1 aromatic heterocycles. The minimum atomic E-state index is -0.935. The average molecular weight is 181 g/mol. The van der Waals surface area contributed by atoms with Crippen LogP contribution in [0.15, 0.2) is 34.5 Å². The van der Waals surface area contributed by atoms with Gasteiger partial charge in [-0.15, -0.1) is 0 Å². The van der Waals surface area contributed by atoms with E-state index in [1.54, 1.807) is 12.1 Å². The Bertz CT molecular complexity index is 366. The largest absolute Gasteiger partial charge is 0.501 e. The second-order valence-corrected chi connectivity index (χ2v) is 2.59. The Morgan fingerprint density at radius 3 is 2.77 bits per heavy atom. The first-order valence-corrected chi connectivity index (χ1v) is 3.63. The van der Waals surface area contributed by atoms with Crippen molar-refractivity contribution < 1.29 is 19.1 Å². The van der Waals surface area contributed by atoms with Gasteiger partial charge in [-0.25, -0.2) is 0 Å². The highest BCUT2D eigenvalue weighted by atomic mass is 16.5. The molecule has 0 bridgehead atoms. The van der Waals surface area contributed by atoms with Gasteiger partial charge in [-0.2, -0.15) is 0 Å². The Balaban J connectivity index is 2.29. The van der Waals surface area contributed by atoms with Gasteiger partial charge in [-0.05, 0) is 12.1 Å². The molecule has 0 fully saturated rings. The number of hydrogen-bond acceptors (Lipinski definition) is 5. The van der Waals surface area contributed by atoms with Gasteiger partial charge in [0.2, 0.25) is 17.7 Å². The molecule has 1 aliphatic rings. The van der Waals surface area contributed by atoms with Crippen molar-refractivity contribution in [2.24, 2.45) is 5.73 Å². The average Bonchev–Trinajstić information content (AvgIpc) is 2.70. The zero-order valence-corrected chi connectivity index (χ0v) is 6.56. The molecule has 0 unspecified atom stereocenters. The topological polar surface area (TPSA) is 85.7 Å². The quantitative estimate of drug-likeness (QED) is 0.662. The third-order valence-electron chi connectivity index (χ3n) is 1.75. The van der Waals surface area contributed by atoms with Gasteiger partial charge in [0.05, 0.1) is 6.26 Å². The summed E-state index contributed by atoms with van der Waals surface area (Å²) in [5.74, 6) is -1.04. The van der Waals surface area contributed by atoms with Crippen molar-refractivity contribution in [1.29, 1.82) is 0 Å². The maximum Gasteiger partial charge on any atom is 0.251 e. The van der Waals surface area contributed by atoms with Crippen molar-refractivity contribution in [3.63, 3.8) is 0 Å². The zero-order valence-electron chi connectivity index (χ0n) is 6.56. The zero-order chi connectivity index (χ0) is 9.42. The summed E-state index contributed by atoms with van der Waals surface area (Å²) < 4.78 is 9.84. The van der Waals surface area contributed by atoms with E-state index in [1.807, 2.05) is 0 Å². The van der Waals surface area contributed by atoms with Crippen molar-refractivity contribution in [2.75, 3.05) is 0 Å². The third-order valence-corrected chi connectivity index (χ3v) is 1.75. The van der Waals surface area contributed by atoms with Gasteiger partial charge in [0.25, 0.3) is 5.78 Å². The molecule has 1 atom stereocenters. The normalized spacial score (nSPS) is 22.2. The smallest absolute Gasteiger partial charge is 0.251 e. The number of aliphatic hydroxyl groups excluding tert-OH is 1. The Morgan fingerprint density at radius 2 is 2.31 bits per heavy atom. The molecule has 0 aromatic carbocycles. The lowest BCUT2D eigenvalue weighted by molar-refractivity contribution is -0.124. The molecule has 0 radical (unpaired) electrons. The molecular weight excluding hydrogens is 174 g/mol. The van der Waals surface area contributed by atoms with E-state index < -0.39 is 17.6 Å². The molecule has 5 nitrogen and oxygen atoms in total. The number of aliphatic hydroxyl groups is 1. The summed E-state index contributed by atoms with van der Waals surface area (Å²) in [6.07, 6.45) is 0.479. The number of ether oxygens (including phenoxy) is 1. The fraction of sp³-hybridized carbons (Fsp3) is 0.125. The Morgan fingerprint density at radius 1 is 1.54 bits per heavy atom. The van der Waals surface area contributed by atoms with Crippen LogP contribution in [0.1, 0.15) is 11.9 Å². The predicted molar refractivity (Wildman–Crippen MR) is 41.4 cm³/mol. The molecule has 0 amide bonds. The standard InChI is InChI=1S/C8H7NO4/c9-8-6(11)5(10)7(13-8)4-2-1-3-12-4/h1-3,7,11H,9H2/t7-/m1/s1. The summed E-state index contributed by atoms with van der Waals surface area (Å²) in [4.78, 5) is 11.2. The van der Waals surface area contributed by atoms with Crippen molar-refractivity contribution >= 4 is 5.78 Å². The maximum atomic E-state index is 11.2. The van der Waals surface area contributed by atoms with Gasteiger partial charge in [0.15, 0.2) is 5.76 Å². The molecule has 68 valence electrons. The number of Topliss-reactive ketones (excluding diaryl/α,β-unsaturated/α-hetero) is 1. The SMILES string of the molecule is NC1=C(O)C(=O)[C@@H](c2ccco2)O1. The molecule has 0 aliphatic carbocycles. The molecule has 3 N–H and O–H groups in total. The van der Waals surface area contributed by atoms with E-state index in [-0.39, 0.29) is 5.88 Å². The van der Waals surface area contributed by atoms with E-state index in [9.17, 15) is 4.79 Å². The van der Waals surface area contributed by atoms with E-state index in [1.165, 1.54) is 6.26 Å². The summed E-state index contributed by atoms with van der Waals surface area (Å²) in [6.45, 7) is 0. The number of carbonyl (C=O) groups excluding carboxylic acids is 1. The fourth-order valence-electron chi connectivity index (χ4n) is 1.11. The first-order valence-electron chi connectivity index (χ1n) is 3.63. The minimum Gasteiger partial charge on any atom is -0.501 e. The fourth-order valence-corrected chi connectivity index (χ4v) is 1.11. The second kappa shape index (κ2) is 2.55. The van der Waals surface area contributed by atoms with Crippen molar-refractivity contribution in [2.45, 2.75) is 6.10 Å². The van der Waals surface area contributed by atoms with Crippen molar-refractivity contribution in [3.05, 3.63) is 35.8 Å². The number of ketones is 1. The van der Waals surface area contributed by atoms with E-state index in [0.717, 1.165) is 0 Å². The van der Waals surface area contributed by atoms with Crippen LogP contribution in [0.2, 0.25) is 0 Å². The molecule has 2 rings (SSSR count).